The molecule has 1 aromatic rings. The average Bonchev–Trinajstić information content (AvgIpc) is 2.90. The van der Waals surface area contributed by atoms with E-state index in [1.54, 1.807) is 13.3 Å². The number of carbonyl (C=O) groups excluding carboxylic acids is 1. The number of benzene rings is 1. The van der Waals surface area contributed by atoms with Gasteiger partial charge in [-0.05, 0) is 49.3 Å². The summed E-state index contributed by atoms with van der Waals surface area (Å²) in [5.41, 5.74) is 3.32. The number of hydrazone groups is 1. The standard InChI is InChI=1S/C14H18N4O2S/c1-20-12-6-4-11(5-7-12)17-14(21)15-8-2-3-10-9-16-18-13(10)19/h4-7,9-10H,2-3,8H2,1H3,(H,18,19)(H2,15,17,21)/t10-/m1/s1. The Kier molecular flexibility index (Phi) is 5.51. The molecule has 6 nitrogen and oxygen atoms in total. The second-order valence-corrected chi connectivity index (χ2v) is 5.02. The minimum absolute atomic E-state index is 0.0334. The van der Waals surface area contributed by atoms with E-state index >= 15 is 0 Å². The van der Waals surface area contributed by atoms with E-state index in [0.29, 0.717) is 11.7 Å². The molecule has 1 amide bonds. The maximum atomic E-state index is 11.3. The van der Waals surface area contributed by atoms with E-state index in [2.05, 4.69) is 21.2 Å². The van der Waals surface area contributed by atoms with E-state index in [4.69, 9.17) is 17.0 Å². The zero-order valence-electron chi connectivity index (χ0n) is 11.8. The summed E-state index contributed by atoms with van der Waals surface area (Å²) in [6, 6.07) is 7.52. The summed E-state index contributed by atoms with van der Waals surface area (Å²) >= 11 is 5.21. The van der Waals surface area contributed by atoms with Crippen LogP contribution in [0.5, 0.6) is 5.75 Å². The smallest absolute Gasteiger partial charge is 0.248 e. The van der Waals surface area contributed by atoms with Crippen LogP contribution in [0.25, 0.3) is 0 Å². The monoisotopic (exact) mass is 306 g/mol. The Morgan fingerprint density at radius 1 is 1.43 bits per heavy atom. The molecule has 0 radical (unpaired) electrons. The summed E-state index contributed by atoms with van der Waals surface area (Å²) < 4.78 is 5.09. The first kappa shape index (κ1) is 15.2. The summed E-state index contributed by atoms with van der Waals surface area (Å²) in [6.07, 6.45) is 3.25. The molecule has 0 spiro atoms. The van der Waals surface area contributed by atoms with Crippen LogP contribution in [-0.4, -0.2) is 30.9 Å². The number of nitrogens with one attached hydrogen (secondary N) is 3. The number of nitrogens with zero attached hydrogens (tertiary/aromatic N) is 1. The fourth-order valence-electron chi connectivity index (χ4n) is 1.92. The third-order valence-electron chi connectivity index (χ3n) is 3.09. The van der Waals surface area contributed by atoms with Gasteiger partial charge >= 0.3 is 0 Å². The molecule has 0 saturated heterocycles. The predicted octanol–water partition coefficient (Wildman–Crippen LogP) is 1.49. The van der Waals surface area contributed by atoms with Gasteiger partial charge in [0, 0.05) is 18.4 Å². The van der Waals surface area contributed by atoms with Crippen molar-refractivity contribution in [2.45, 2.75) is 12.8 Å². The number of ether oxygens (including phenoxy) is 1. The Hall–Kier alpha value is -2.15. The second kappa shape index (κ2) is 7.58. The number of methoxy groups -OCH3 is 1. The van der Waals surface area contributed by atoms with Gasteiger partial charge in [-0.1, -0.05) is 0 Å². The quantitative estimate of drug-likeness (QED) is 0.548. The maximum absolute atomic E-state index is 11.3. The van der Waals surface area contributed by atoms with E-state index < -0.39 is 0 Å². The lowest BCUT2D eigenvalue weighted by Crippen LogP contribution is -2.30. The van der Waals surface area contributed by atoms with Crippen LogP contribution >= 0.6 is 12.2 Å². The summed E-state index contributed by atoms with van der Waals surface area (Å²) in [5.74, 6) is 0.653. The molecular formula is C14H18N4O2S. The van der Waals surface area contributed by atoms with Crippen LogP contribution in [0, 0.1) is 5.92 Å². The van der Waals surface area contributed by atoms with Gasteiger partial charge < -0.3 is 15.4 Å². The Balaban J connectivity index is 1.65. The third-order valence-corrected chi connectivity index (χ3v) is 3.34. The Bertz CT molecular complexity index is 530. The zero-order chi connectivity index (χ0) is 15.1. The van der Waals surface area contributed by atoms with Gasteiger partial charge in [0.1, 0.15) is 5.75 Å². The van der Waals surface area contributed by atoms with Crippen LogP contribution in [0.15, 0.2) is 29.4 Å². The van der Waals surface area contributed by atoms with Crippen molar-refractivity contribution < 1.29 is 9.53 Å². The lowest BCUT2D eigenvalue weighted by Gasteiger charge is -2.11. The van der Waals surface area contributed by atoms with Crippen molar-refractivity contribution in [3.63, 3.8) is 0 Å². The van der Waals surface area contributed by atoms with E-state index in [1.165, 1.54) is 0 Å². The molecule has 0 aromatic heterocycles. The van der Waals surface area contributed by atoms with Crippen LogP contribution in [0.1, 0.15) is 12.8 Å². The molecule has 1 aromatic carbocycles. The number of thiocarbonyl (C=S) groups is 1. The van der Waals surface area contributed by atoms with Crippen LogP contribution in [-0.2, 0) is 4.79 Å². The molecule has 7 heteroatoms. The lowest BCUT2D eigenvalue weighted by molar-refractivity contribution is -0.122. The van der Waals surface area contributed by atoms with Gasteiger partial charge in [-0.25, -0.2) is 5.43 Å². The minimum Gasteiger partial charge on any atom is -0.497 e. The van der Waals surface area contributed by atoms with Crippen molar-refractivity contribution in [2.75, 3.05) is 19.0 Å². The van der Waals surface area contributed by atoms with Crippen LogP contribution in [0.2, 0.25) is 0 Å². The van der Waals surface area contributed by atoms with Crippen molar-refractivity contribution in [3.05, 3.63) is 24.3 Å². The number of carbonyl (C=O) groups is 1. The van der Waals surface area contributed by atoms with E-state index in [1.807, 2.05) is 24.3 Å². The molecule has 1 atom stereocenters. The Morgan fingerprint density at radius 2 is 2.19 bits per heavy atom. The summed E-state index contributed by atoms with van der Waals surface area (Å²) in [4.78, 5) is 11.3. The van der Waals surface area contributed by atoms with Gasteiger partial charge in [0.2, 0.25) is 5.91 Å². The van der Waals surface area contributed by atoms with E-state index in [-0.39, 0.29) is 11.8 Å². The summed E-state index contributed by atoms with van der Waals surface area (Å²) in [7, 11) is 1.63. The number of anilines is 1. The van der Waals surface area contributed by atoms with Crippen molar-refractivity contribution in [2.24, 2.45) is 11.0 Å². The SMILES string of the molecule is COc1ccc(NC(=S)NCCC[C@@H]2C=NNC2=O)cc1. The van der Waals surface area contributed by atoms with E-state index in [0.717, 1.165) is 24.3 Å². The second-order valence-electron chi connectivity index (χ2n) is 4.61. The van der Waals surface area contributed by atoms with Crippen molar-refractivity contribution in [1.82, 2.24) is 10.7 Å². The topological polar surface area (TPSA) is 74.8 Å². The van der Waals surface area contributed by atoms with Gasteiger partial charge in [-0.3, -0.25) is 4.79 Å². The van der Waals surface area contributed by atoms with Gasteiger partial charge in [-0.15, -0.1) is 0 Å². The first-order valence-corrected chi connectivity index (χ1v) is 7.12. The lowest BCUT2D eigenvalue weighted by atomic mass is 10.1. The molecule has 21 heavy (non-hydrogen) atoms. The van der Waals surface area contributed by atoms with Crippen molar-refractivity contribution in [1.29, 1.82) is 0 Å². The fourth-order valence-corrected chi connectivity index (χ4v) is 2.14. The highest BCUT2D eigenvalue weighted by molar-refractivity contribution is 7.80. The minimum atomic E-state index is -0.116. The Labute approximate surface area is 128 Å². The average molecular weight is 306 g/mol. The first-order chi connectivity index (χ1) is 10.2. The highest BCUT2D eigenvalue weighted by atomic mass is 32.1. The van der Waals surface area contributed by atoms with Crippen molar-refractivity contribution in [3.8, 4) is 5.75 Å². The van der Waals surface area contributed by atoms with Gasteiger partial charge in [-0.2, -0.15) is 5.10 Å². The van der Waals surface area contributed by atoms with E-state index in [9.17, 15) is 4.79 Å². The summed E-state index contributed by atoms with van der Waals surface area (Å²) in [5, 5.41) is 10.5. The molecule has 1 aliphatic heterocycles. The fraction of sp³-hybridized carbons (Fsp3) is 0.357. The molecule has 3 N–H and O–H groups in total. The highest BCUT2D eigenvalue weighted by Gasteiger charge is 2.19. The normalized spacial score (nSPS) is 16.4. The zero-order valence-corrected chi connectivity index (χ0v) is 12.6. The summed E-state index contributed by atoms with van der Waals surface area (Å²) in [6.45, 7) is 0.708. The maximum Gasteiger partial charge on any atom is 0.248 e. The third kappa shape index (κ3) is 4.71. The van der Waals surface area contributed by atoms with Gasteiger partial charge in [0.25, 0.3) is 0 Å². The molecule has 1 heterocycles. The molecule has 0 unspecified atom stereocenters. The number of amides is 1. The van der Waals surface area contributed by atoms with Gasteiger partial charge in [0.15, 0.2) is 5.11 Å². The van der Waals surface area contributed by atoms with Gasteiger partial charge in [0.05, 0.1) is 13.0 Å². The first-order valence-electron chi connectivity index (χ1n) is 6.71. The molecule has 112 valence electrons. The largest absolute Gasteiger partial charge is 0.497 e. The molecular weight excluding hydrogens is 288 g/mol. The molecule has 0 aliphatic carbocycles. The Morgan fingerprint density at radius 3 is 2.81 bits per heavy atom. The van der Waals surface area contributed by atoms with Crippen molar-refractivity contribution >= 4 is 35.1 Å². The molecule has 2 rings (SSSR count). The number of rotatable bonds is 6. The van der Waals surface area contributed by atoms with Crippen LogP contribution in [0.3, 0.4) is 0 Å². The van der Waals surface area contributed by atoms with Crippen LogP contribution in [0.4, 0.5) is 5.69 Å². The highest BCUT2D eigenvalue weighted by Crippen LogP contribution is 2.14. The molecule has 0 fully saturated rings. The number of hydrogen-bond acceptors (Lipinski definition) is 4. The number of hydrogen-bond donors (Lipinski definition) is 3. The van der Waals surface area contributed by atoms with Crippen LogP contribution < -0.4 is 20.8 Å². The molecule has 0 saturated carbocycles. The molecule has 0 bridgehead atoms. The molecule has 1 aliphatic rings. The predicted molar refractivity (Wildman–Crippen MR) is 86.6 cm³/mol.